The average molecular weight is 401 g/mol. The maximum Gasteiger partial charge on any atom is 0.334 e. The second-order valence-electron chi connectivity index (χ2n) is 5.50. The van der Waals surface area contributed by atoms with E-state index in [0.717, 1.165) is 11.5 Å². The predicted molar refractivity (Wildman–Crippen MR) is 108 cm³/mol. The lowest BCUT2D eigenvalue weighted by molar-refractivity contribution is -0.140. The van der Waals surface area contributed by atoms with Gasteiger partial charge in [0.05, 0.1) is 0 Å². The highest BCUT2D eigenvalue weighted by Crippen LogP contribution is 2.28. The lowest BCUT2D eigenvalue weighted by Crippen LogP contribution is -2.12. The van der Waals surface area contributed by atoms with Crippen molar-refractivity contribution in [2.24, 2.45) is 0 Å². The van der Waals surface area contributed by atoms with Crippen LogP contribution in [-0.4, -0.2) is 22.8 Å². The lowest BCUT2D eigenvalue weighted by Gasteiger charge is -2.12. The van der Waals surface area contributed by atoms with E-state index in [0.29, 0.717) is 11.1 Å². The highest BCUT2D eigenvalue weighted by atomic mass is 32.2. The van der Waals surface area contributed by atoms with E-state index in [1.54, 1.807) is 48.7 Å². The minimum Gasteiger partial charge on any atom is -0.448 e. The summed E-state index contributed by atoms with van der Waals surface area (Å²) in [5, 5.41) is 0. The summed E-state index contributed by atoms with van der Waals surface area (Å²) in [6.07, 6.45) is 0. The first kappa shape index (κ1) is 21.9. The normalized spacial score (nSPS) is 13.0. The monoisotopic (exact) mass is 400 g/mol. The van der Waals surface area contributed by atoms with E-state index in [1.807, 2.05) is 13.8 Å². The molecule has 0 aliphatic carbocycles. The number of ether oxygens (including phenoxy) is 2. The number of hydrogen-bond acceptors (Lipinski definition) is 7. The van der Waals surface area contributed by atoms with Crippen molar-refractivity contribution in [2.75, 3.05) is 0 Å². The summed E-state index contributed by atoms with van der Waals surface area (Å²) in [7, 11) is 0. The molecule has 0 spiro atoms. The molecule has 25 heavy (non-hydrogen) atoms. The number of hydrogen-bond donors (Lipinski definition) is 0. The predicted octanol–water partition coefficient (Wildman–Crippen LogP) is 5.15. The molecule has 0 bridgehead atoms. The Morgan fingerprint density at radius 3 is 1.64 bits per heavy atom. The summed E-state index contributed by atoms with van der Waals surface area (Å²) in [5.41, 5.74) is 0.380. The van der Waals surface area contributed by atoms with Gasteiger partial charge in [-0.3, -0.25) is 0 Å². The van der Waals surface area contributed by atoms with Crippen molar-refractivity contribution in [1.82, 2.24) is 0 Å². The highest BCUT2D eigenvalue weighted by molar-refractivity contribution is 7.99. The highest BCUT2D eigenvalue weighted by Gasteiger charge is 2.13. The average Bonchev–Trinajstić information content (AvgIpc) is 2.98. The summed E-state index contributed by atoms with van der Waals surface area (Å²) >= 11 is 4.84. The van der Waals surface area contributed by atoms with Gasteiger partial charge >= 0.3 is 11.9 Å². The third-order valence-corrected chi connectivity index (χ3v) is 6.42. The van der Waals surface area contributed by atoms with Gasteiger partial charge in [-0.1, -0.05) is 13.2 Å². The second-order valence-corrected chi connectivity index (χ2v) is 9.32. The number of carbonyl (C=O) groups excluding carboxylic acids is 2. The van der Waals surface area contributed by atoms with Gasteiger partial charge in [-0.2, -0.15) is 0 Å². The molecule has 0 amide bonds. The first-order valence-corrected chi connectivity index (χ1v) is 10.6. The van der Waals surface area contributed by atoms with E-state index < -0.39 is 0 Å². The summed E-state index contributed by atoms with van der Waals surface area (Å²) in [6.45, 7) is 14.1. The fraction of sp³-hybridized carbons (Fsp3) is 0.444. The van der Waals surface area contributed by atoms with Crippen molar-refractivity contribution in [3.63, 3.8) is 0 Å². The zero-order valence-corrected chi connectivity index (χ0v) is 17.4. The molecular formula is C18H24O4S3. The molecule has 1 aromatic heterocycles. The third-order valence-electron chi connectivity index (χ3n) is 2.88. The van der Waals surface area contributed by atoms with E-state index in [4.69, 9.17) is 9.47 Å². The Hall–Kier alpha value is -1.18. The van der Waals surface area contributed by atoms with Gasteiger partial charge in [-0.05, 0) is 39.8 Å². The largest absolute Gasteiger partial charge is 0.448 e. The topological polar surface area (TPSA) is 52.6 Å². The summed E-state index contributed by atoms with van der Waals surface area (Å²) in [4.78, 5) is 25.3. The van der Waals surface area contributed by atoms with Crippen LogP contribution in [0.2, 0.25) is 0 Å². The van der Waals surface area contributed by atoms with E-state index in [2.05, 4.69) is 25.3 Å². The van der Waals surface area contributed by atoms with Gasteiger partial charge in [0.25, 0.3) is 0 Å². The van der Waals surface area contributed by atoms with E-state index in [1.165, 1.54) is 9.75 Å². The fourth-order valence-corrected chi connectivity index (χ4v) is 4.34. The zero-order valence-electron chi connectivity index (χ0n) is 15.0. The van der Waals surface area contributed by atoms with Crippen molar-refractivity contribution in [3.8, 4) is 0 Å². The van der Waals surface area contributed by atoms with E-state index in [9.17, 15) is 9.59 Å². The Morgan fingerprint density at radius 1 is 0.960 bits per heavy atom. The van der Waals surface area contributed by atoms with Crippen LogP contribution in [0.3, 0.4) is 0 Å². The molecule has 0 radical (unpaired) electrons. The van der Waals surface area contributed by atoms with Crippen LogP contribution in [-0.2, 0) is 30.6 Å². The molecule has 1 heterocycles. The van der Waals surface area contributed by atoms with Crippen molar-refractivity contribution < 1.29 is 19.1 Å². The molecule has 0 aliphatic rings. The Kier molecular flexibility index (Phi) is 9.38. The number of thiophene rings is 1. The van der Waals surface area contributed by atoms with Gasteiger partial charge in [0.1, 0.15) is 10.9 Å². The number of rotatable bonds is 10. The van der Waals surface area contributed by atoms with Crippen molar-refractivity contribution in [2.45, 2.75) is 50.1 Å². The molecule has 2 unspecified atom stereocenters. The number of thioether (sulfide) groups is 2. The molecule has 0 saturated heterocycles. The molecule has 1 aromatic rings. The van der Waals surface area contributed by atoms with Crippen LogP contribution < -0.4 is 0 Å². The maximum absolute atomic E-state index is 11.5. The summed E-state index contributed by atoms with van der Waals surface area (Å²) < 4.78 is 10.5. The van der Waals surface area contributed by atoms with Gasteiger partial charge in [0.2, 0.25) is 0 Å². The molecule has 2 atom stereocenters. The van der Waals surface area contributed by atoms with Gasteiger partial charge in [0, 0.05) is 32.4 Å². The smallest absolute Gasteiger partial charge is 0.334 e. The molecular weight excluding hydrogens is 376 g/mol. The summed E-state index contributed by atoms with van der Waals surface area (Å²) in [6, 6.07) is 4.15. The van der Waals surface area contributed by atoms with Crippen LogP contribution in [0.4, 0.5) is 0 Å². The van der Waals surface area contributed by atoms with Gasteiger partial charge in [-0.25, -0.2) is 9.59 Å². The minimum absolute atomic E-state index is 0.217. The molecule has 0 N–H and O–H groups in total. The minimum atomic E-state index is -0.360. The van der Waals surface area contributed by atoms with Crippen LogP contribution in [0.15, 0.2) is 36.4 Å². The quantitative estimate of drug-likeness (QED) is 0.308. The van der Waals surface area contributed by atoms with Gasteiger partial charge in [0.15, 0.2) is 0 Å². The van der Waals surface area contributed by atoms with Crippen LogP contribution in [0, 0.1) is 0 Å². The molecule has 0 saturated carbocycles. The van der Waals surface area contributed by atoms with Crippen LogP contribution in [0.25, 0.3) is 0 Å². The molecule has 1 rings (SSSR count). The molecule has 0 aromatic carbocycles. The number of carbonyl (C=O) groups is 2. The summed E-state index contributed by atoms with van der Waals surface area (Å²) in [5.74, 6) is 0.837. The number of esters is 2. The first-order valence-electron chi connectivity index (χ1n) is 7.72. The molecule has 0 fully saturated rings. The molecule has 4 nitrogen and oxygen atoms in total. The molecule has 138 valence electrons. The van der Waals surface area contributed by atoms with Crippen LogP contribution in [0.5, 0.6) is 0 Å². The van der Waals surface area contributed by atoms with E-state index >= 15 is 0 Å². The van der Waals surface area contributed by atoms with Crippen LogP contribution in [0.1, 0.15) is 37.4 Å². The Balaban J connectivity index is 2.36. The SMILES string of the molecule is C=C(C)C(=O)OC(C)SCc1ccc(CSC(C)OC(=O)C(=C)C)s1. The van der Waals surface area contributed by atoms with Crippen molar-refractivity contribution in [1.29, 1.82) is 0 Å². The van der Waals surface area contributed by atoms with E-state index in [-0.39, 0.29) is 22.8 Å². The first-order chi connectivity index (χ1) is 11.7. The Morgan fingerprint density at radius 2 is 1.32 bits per heavy atom. The second kappa shape index (κ2) is 10.7. The van der Waals surface area contributed by atoms with Gasteiger partial charge < -0.3 is 9.47 Å². The Labute approximate surface area is 162 Å². The maximum atomic E-state index is 11.5. The fourth-order valence-electron chi connectivity index (χ4n) is 1.55. The van der Waals surface area contributed by atoms with Crippen molar-refractivity contribution >= 4 is 46.8 Å². The van der Waals surface area contributed by atoms with Crippen molar-refractivity contribution in [3.05, 3.63) is 46.2 Å². The van der Waals surface area contributed by atoms with Gasteiger partial charge in [-0.15, -0.1) is 34.9 Å². The Bertz CT molecular complexity index is 584. The molecule has 7 heteroatoms. The van der Waals surface area contributed by atoms with Crippen LogP contribution >= 0.6 is 34.9 Å². The third kappa shape index (κ3) is 8.65. The standard InChI is InChI=1S/C18H24O4S3/c1-11(2)17(19)21-13(5)23-9-15-7-8-16(25-15)10-24-14(6)22-18(20)12(3)4/h7-8,13-14H,1,3,9-10H2,2,4-6H3. The molecule has 0 aliphatic heterocycles. The zero-order chi connectivity index (χ0) is 19.0. The lowest BCUT2D eigenvalue weighted by atomic mass is 10.4.